The summed E-state index contributed by atoms with van der Waals surface area (Å²) in [7, 11) is -3.55. The SMILES string of the molecule is CC1CN2CCCC2CN1S(=O)(=O)c1cc(Br)ccc1N. The predicted molar refractivity (Wildman–Crippen MR) is 86.5 cm³/mol. The number of rotatable bonds is 2. The van der Waals surface area contributed by atoms with Gasteiger partial charge in [0.15, 0.2) is 0 Å². The van der Waals surface area contributed by atoms with E-state index in [1.807, 2.05) is 6.92 Å². The van der Waals surface area contributed by atoms with E-state index in [-0.39, 0.29) is 10.9 Å². The lowest BCUT2D eigenvalue weighted by Crippen LogP contribution is -2.56. The second-order valence-corrected chi connectivity index (χ2v) is 8.67. The zero-order valence-electron chi connectivity index (χ0n) is 12.0. The first kappa shape index (κ1) is 15.3. The standard InChI is InChI=1S/C14H20BrN3O2S/c1-10-8-17-6-2-3-12(17)9-18(10)21(19,20)14-7-11(15)4-5-13(14)16/h4-5,7,10,12H,2-3,6,8-9,16H2,1H3. The summed E-state index contributed by atoms with van der Waals surface area (Å²) < 4.78 is 28.3. The molecule has 21 heavy (non-hydrogen) atoms. The Balaban J connectivity index is 1.95. The predicted octanol–water partition coefficient (Wildman–Crippen LogP) is 1.89. The van der Waals surface area contributed by atoms with Gasteiger partial charge in [0.2, 0.25) is 10.0 Å². The fourth-order valence-electron chi connectivity index (χ4n) is 3.35. The molecule has 2 heterocycles. The Bertz CT molecular complexity index is 650. The molecule has 0 aromatic heterocycles. The van der Waals surface area contributed by atoms with Gasteiger partial charge in [-0.1, -0.05) is 15.9 Å². The first-order valence-electron chi connectivity index (χ1n) is 7.20. The van der Waals surface area contributed by atoms with E-state index in [2.05, 4.69) is 20.8 Å². The summed E-state index contributed by atoms with van der Waals surface area (Å²) in [5.41, 5.74) is 6.20. The van der Waals surface area contributed by atoms with Crippen molar-refractivity contribution in [3.05, 3.63) is 22.7 Å². The lowest BCUT2D eigenvalue weighted by Gasteiger charge is -2.41. The van der Waals surface area contributed by atoms with Gasteiger partial charge in [-0.2, -0.15) is 4.31 Å². The van der Waals surface area contributed by atoms with Crippen molar-refractivity contribution in [3.8, 4) is 0 Å². The molecule has 2 atom stereocenters. The number of hydrogen-bond donors (Lipinski definition) is 1. The van der Waals surface area contributed by atoms with Gasteiger partial charge in [0.1, 0.15) is 4.90 Å². The maximum absolute atomic E-state index is 13.0. The summed E-state index contributed by atoms with van der Waals surface area (Å²) in [5.74, 6) is 0. The van der Waals surface area contributed by atoms with E-state index in [1.54, 1.807) is 22.5 Å². The number of benzene rings is 1. The summed E-state index contributed by atoms with van der Waals surface area (Å²) in [6.07, 6.45) is 2.23. The molecule has 1 aromatic carbocycles. The Hall–Kier alpha value is -0.630. The van der Waals surface area contributed by atoms with Crippen LogP contribution in [0.15, 0.2) is 27.6 Å². The molecule has 0 saturated carbocycles. The van der Waals surface area contributed by atoms with Crippen molar-refractivity contribution < 1.29 is 8.42 Å². The molecule has 2 aliphatic rings. The van der Waals surface area contributed by atoms with Crippen LogP contribution in [0.3, 0.4) is 0 Å². The summed E-state index contributed by atoms with van der Waals surface area (Å²) in [6.45, 7) is 4.43. The van der Waals surface area contributed by atoms with Crippen molar-refractivity contribution in [2.45, 2.75) is 36.7 Å². The van der Waals surface area contributed by atoms with Crippen LogP contribution in [0.1, 0.15) is 19.8 Å². The second-order valence-electron chi connectivity index (χ2n) is 5.90. The zero-order valence-corrected chi connectivity index (χ0v) is 14.4. The number of nitrogens with two attached hydrogens (primary N) is 1. The molecular weight excluding hydrogens is 354 g/mol. The molecule has 116 valence electrons. The maximum atomic E-state index is 13.0. The van der Waals surface area contributed by atoms with E-state index in [0.29, 0.717) is 18.3 Å². The molecule has 0 spiro atoms. The van der Waals surface area contributed by atoms with Crippen LogP contribution in [0.5, 0.6) is 0 Å². The topological polar surface area (TPSA) is 66.6 Å². The van der Waals surface area contributed by atoms with Crippen molar-refractivity contribution >= 4 is 31.6 Å². The van der Waals surface area contributed by atoms with Crippen molar-refractivity contribution in [1.29, 1.82) is 0 Å². The van der Waals surface area contributed by atoms with Crippen LogP contribution < -0.4 is 5.73 Å². The fourth-order valence-corrected chi connectivity index (χ4v) is 5.67. The molecule has 0 radical (unpaired) electrons. The van der Waals surface area contributed by atoms with Gasteiger partial charge in [-0.3, -0.25) is 4.90 Å². The number of sulfonamides is 1. The van der Waals surface area contributed by atoms with Gasteiger partial charge < -0.3 is 5.73 Å². The zero-order chi connectivity index (χ0) is 15.2. The number of anilines is 1. The van der Waals surface area contributed by atoms with Crippen LogP contribution in [0, 0.1) is 0 Å². The average molecular weight is 374 g/mol. The third kappa shape index (κ3) is 2.72. The monoisotopic (exact) mass is 373 g/mol. The van der Waals surface area contributed by atoms with Gasteiger partial charge in [0, 0.05) is 29.6 Å². The first-order chi connectivity index (χ1) is 9.89. The molecule has 0 amide bonds. The molecule has 2 unspecified atom stereocenters. The Labute approximate surface area is 134 Å². The highest BCUT2D eigenvalue weighted by Crippen LogP contribution is 2.32. The van der Waals surface area contributed by atoms with Crippen molar-refractivity contribution in [2.75, 3.05) is 25.4 Å². The minimum Gasteiger partial charge on any atom is -0.398 e. The highest BCUT2D eigenvalue weighted by atomic mass is 79.9. The van der Waals surface area contributed by atoms with E-state index >= 15 is 0 Å². The van der Waals surface area contributed by atoms with E-state index in [4.69, 9.17) is 5.73 Å². The fraction of sp³-hybridized carbons (Fsp3) is 0.571. The van der Waals surface area contributed by atoms with E-state index < -0.39 is 10.0 Å². The van der Waals surface area contributed by atoms with Crippen LogP contribution in [-0.4, -0.2) is 49.3 Å². The molecule has 1 aromatic rings. The van der Waals surface area contributed by atoms with Gasteiger partial charge >= 0.3 is 0 Å². The van der Waals surface area contributed by atoms with Gasteiger partial charge in [0.05, 0.1) is 5.69 Å². The van der Waals surface area contributed by atoms with Crippen LogP contribution in [-0.2, 0) is 10.0 Å². The molecule has 0 aliphatic carbocycles. The number of nitrogen functional groups attached to an aromatic ring is 1. The Morgan fingerprint density at radius 2 is 2.10 bits per heavy atom. The third-order valence-corrected chi connectivity index (χ3v) is 6.97. The molecular formula is C14H20BrN3O2S. The molecule has 2 N–H and O–H groups in total. The number of fused-ring (bicyclic) bond motifs is 1. The molecule has 0 bridgehead atoms. The third-order valence-electron chi connectivity index (χ3n) is 4.44. The average Bonchev–Trinajstić information content (AvgIpc) is 2.87. The van der Waals surface area contributed by atoms with E-state index in [1.165, 1.54) is 0 Å². The van der Waals surface area contributed by atoms with E-state index in [0.717, 1.165) is 30.4 Å². The van der Waals surface area contributed by atoms with Gasteiger partial charge in [-0.15, -0.1) is 0 Å². The van der Waals surface area contributed by atoms with Gasteiger partial charge in [-0.05, 0) is 44.5 Å². The second kappa shape index (κ2) is 5.53. The van der Waals surface area contributed by atoms with Gasteiger partial charge in [0.25, 0.3) is 0 Å². The Kier molecular flexibility index (Phi) is 4.02. The quantitative estimate of drug-likeness (QED) is 0.803. The van der Waals surface area contributed by atoms with E-state index in [9.17, 15) is 8.42 Å². The Morgan fingerprint density at radius 1 is 1.33 bits per heavy atom. The molecule has 5 nitrogen and oxygen atoms in total. The summed E-state index contributed by atoms with van der Waals surface area (Å²) in [4.78, 5) is 2.61. The normalized spacial score (nSPS) is 27.7. The lowest BCUT2D eigenvalue weighted by atomic mass is 10.1. The number of piperazine rings is 1. The van der Waals surface area contributed by atoms with Crippen LogP contribution in [0.2, 0.25) is 0 Å². The number of hydrogen-bond acceptors (Lipinski definition) is 4. The Morgan fingerprint density at radius 3 is 2.86 bits per heavy atom. The molecule has 7 heteroatoms. The minimum atomic E-state index is -3.55. The van der Waals surface area contributed by atoms with Crippen LogP contribution >= 0.6 is 15.9 Å². The summed E-state index contributed by atoms with van der Waals surface area (Å²) in [5, 5.41) is 0. The van der Waals surface area contributed by atoms with Crippen LogP contribution in [0.4, 0.5) is 5.69 Å². The number of halogens is 1. The molecule has 2 fully saturated rings. The van der Waals surface area contributed by atoms with Crippen LogP contribution in [0.25, 0.3) is 0 Å². The number of nitrogens with zero attached hydrogens (tertiary/aromatic N) is 2. The molecule has 3 rings (SSSR count). The highest BCUT2D eigenvalue weighted by Gasteiger charge is 2.40. The van der Waals surface area contributed by atoms with Crippen molar-refractivity contribution in [3.63, 3.8) is 0 Å². The smallest absolute Gasteiger partial charge is 0.245 e. The highest BCUT2D eigenvalue weighted by molar-refractivity contribution is 9.10. The summed E-state index contributed by atoms with van der Waals surface area (Å²) >= 11 is 3.33. The minimum absolute atomic E-state index is 0.0252. The molecule has 2 saturated heterocycles. The van der Waals surface area contributed by atoms with Crippen molar-refractivity contribution in [1.82, 2.24) is 9.21 Å². The van der Waals surface area contributed by atoms with Gasteiger partial charge in [-0.25, -0.2) is 8.42 Å². The van der Waals surface area contributed by atoms with Crippen molar-refractivity contribution in [2.24, 2.45) is 0 Å². The maximum Gasteiger partial charge on any atom is 0.245 e. The first-order valence-corrected chi connectivity index (χ1v) is 9.44. The lowest BCUT2D eigenvalue weighted by molar-refractivity contribution is 0.117. The largest absolute Gasteiger partial charge is 0.398 e. The molecule has 2 aliphatic heterocycles. The summed E-state index contributed by atoms with van der Waals surface area (Å²) in [6, 6.07) is 5.31.